The molecule has 6 aromatic carbocycles. The molecule has 3 aliphatic carbocycles. The van der Waals surface area contributed by atoms with Crippen molar-refractivity contribution in [3.8, 4) is 34.2 Å². The number of allylic oxidation sites excluding steroid dienone is 10. The summed E-state index contributed by atoms with van der Waals surface area (Å²) < 4.78 is 0. The van der Waals surface area contributed by atoms with Crippen LogP contribution in [0.3, 0.4) is 0 Å². The summed E-state index contributed by atoms with van der Waals surface area (Å²) >= 11 is 0. The van der Waals surface area contributed by atoms with E-state index in [1.165, 1.54) is 39.8 Å². The molecule has 0 fully saturated rings. The van der Waals surface area contributed by atoms with Crippen molar-refractivity contribution in [2.75, 3.05) is 0 Å². The summed E-state index contributed by atoms with van der Waals surface area (Å²) in [5, 5.41) is 0. The third-order valence-corrected chi connectivity index (χ3v) is 13.4. The minimum Gasteiger partial charge on any atom is -0.208 e. The van der Waals surface area contributed by atoms with Crippen LogP contribution in [0.15, 0.2) is 230 Å². The van der Waals surface area contributed by atoms with Crippen molar-refractivity contribution in [2.45, 2.75) is 49.4 Å². The van der Waals surface area contributed by atoms with E-state index >= 15 is 0 Å². The molecule has 3 unspecified atom stereocenters. The second-order valence-electron chi connectivity index (χ2n) is 16.8. The molecule has 0 radical (unpaired) electrons. The van der Waals surface area contributed by atoms with Crippen LogP contribution in [0.1, 0.15) is 66.3 Å². The minimum atomic E-state index is -0.469. The maximum absolute atomic E-state index is 5.41. The normalized spacial score (nSPS) is 18.2. The summed E-state index contributed by atoms with van der Waals surface area (Å²) in [6, 6.07) is 61.6. The van der Waals surface area contributed by atoms with Gasteiger partial charge in [0.25, 0.3) is 0 Å². The molecule has 0 aliphatic heterocycles. The SMILES string of the molecule is C1=CCCC(C(c2ccccc2)(c2cccc(-c3nc(-c4ccccc4)nc(-c4cccc(C(c5ccccc5)(c5ccccc5)C5C=CC=CC5)c4)n3)c2)C2C=CCCC2)=C1. The molecule has 1 heterocycles. The maximum atomic E-state index is 5.41. The van der Waals surface area contributed by atoms with Gasteiger partial charge in [0.1, 0.15) is 0 Å². The topological polar surface area (TPSA) is 38.7 Å². The Morgan fingerprint density at radius 2 is 0.919 bits per heavy atom. The quantitative estimate of drug-likeness (QED) is 0.0966. The van der Waals surface area contributed by atoms with Gasteiger partial charge in [0.2, 0.25) is 0 Å². The zero-order chi connectivity index (χ0) is 41.6. The van der Waals surface area contributed by atoms with Gasteiger partial charge in [-0.2, -0.15) is 0 Å². The highest BCUT2D eigenvalue weighted by atomic mass is 15.0. The van der Waals surface area contributed by atoms with Crippen LogP contribution in [0.2, 0.25) is 0 Å². The molecule has 62 heavy (non-hydrogen) atoms. The monoisotopic (exact) mass is 801 g/mol. The van der Waals surface area contributed by atoms with Crippen LogP contribution in [0.4, 0.5) is 0 Å². The summed E-state index contributed by atoms with van der Waals surface area (Å²) in [7, 11) is 0. The average Bonchev–Trinajstić information content (AvgIpc) is 3.37. The smallest absolute Gasteiger partial charge is 0.164 e. The third-order valence-electron chi connectivity index (χ3n) is 13.4. The highest BCUT2D eigenvalue weighted by Gasteiger charge is 2.45. The van der Waals surface area contributed by atoms with Crippen LogP contribution in [0.5, 0.6) is 0 Å². The Morgan fingerprint density at radius 1 is 0.403 bits per heavy atom. The first-order valence-corrected chi connectivity index (χ1v) is 22.3. The molecule has 0 saturated carbocycles. The van der Waals surface area contributed by atoms with Crippen LogP contribution in [-0.4, -0.2) is 15.0 Å². The Morgan fingerprint density at radius 3 is 1.44 bits per heavy atom. The predicted octanol–water partition coefficient (Wildman–Crippen LogP) is 14.3. The van der Waals surface area contributed by atoms with E-state index in [4.69, 9.17) is 15.0 Å². The predicted molar refractivity (Wildman–Crippen MR) is 255 cm³/mol. The molecule has 302 valence electrons. The second kappa shape index (κ2) is 17.6. The molecule has 0 saturated heterocycles. The van der Waals surface area contributed by atoms with Gasteiger partial charge in [-0.3, -0.25) is 0 Å². The Labute approximate surface area is 366 Å². The van der Waals surface area contributed by atoms with Crippen LogP contribution in [0.25, 0.3) is 34.2 Å². The minimum absolute atomic E-state index is 0.183. The van der Waals surface area contributed by atoms with E-state index < -0.39 is 5.41 Å². The highest BCUT2D eigenvalue weighted by Crippen LogP contribution is 2.52. The molecule has 7 aromatic rings. The van der Waals surface area contributed by atoms with E-state index in [1.807, 2.05) is 6.07 Å². The lowest BCUT2D eigenvalue weighted by atomic mass is 9.58. The fourth-order valence-corrected chi connectivity index (χ4v) is 10.6. The molecule has 0 N–H and O–H groups in total. The van der Waals surface area contributed by atoms with Gasteiger partial charge in [0, 0.05) is 22.1 Å². The van der Waals surface area contributed by atoms with Crippen molar-refractivity contribution in [3.63, 3.8) is 0 Å². The second-order valence-corrected chi connectivity index (χ2v) is 16.8. The van der Waals surface area contributed by atoms with Crippen LogP contribution < -0.4 is 0 Å². The van der Waals surface area contributed by atoms with E-state index in [9.17, 15) is 0 Å². The van der Waals surface area contributed by atoms with Crippen molar-refractivity contribution < 1.29 is 0 Å². The molecule has 3 aliphatic rings. The molecule has 3 nitrogen and oxygen atoms in total. The first-order chi connectivity index (χ1) is 30.7. The van der Waals surface area contributed by atoms with Gasteiger partial charge in [0.05, 0.1) is 5.41 Å². The molecule has 1 aromatic heterocycles. The standard InChI is InChI=1S/C59H51N3/c1-8-24-44(25-9-1)55-60-56(45-26-22-40-53(42-45)58(47-28-10-2-11-29-47,48-30-12-3-13-31-48)49-32-14-4-15-33-49)62-57(61-55)46-27-23-41-54(43-46)59(50-34-16-5-17-35-50,51-36-18-6-19-37-51)52-38-20-7-21-39-52/h1-6,8-18,20,22-32,34-36,38,40-43,49,52H,7,19,21,33,37,39H2. The zero-order valence-corrected chi connectivity index (χ0v) is 35.1. The van der Waals surface area contributed by atoms with Crippen molar-refractivity contribution in [2.24, 2.45) is 11.8 Å². The van der Waals surface area contributed by atoms with Crippen molar-refractivity contribution >= 4 is 0 Å². The highest BCUT2D eigenvalue weighted by molar-refractivity contribution is 5.69. The lowest BCUT2D eigenvalue weighted by Crippen LogP contribution is -2.39. The van der Waals surface area contributed by atoms with E-state index in [-0.39, 0.29) is 11.3 Å². The fourth-order valence-electron chi connectivity index (χ4n) is 10.6. The number of rotatable bonds is 11. The molecule has 10 rings (SSSR count). The summed E-state index contributed by atoms with van der Waals surface area (Å²) in [5.74, 6) is 2.47. The van der Waals surface area contributed by atoms with Gasteiger partial charge < -0.3 is 0 Å². The van der Waals surface area contributed by atoms with Gasteiger partial charge in [-0.1, -0.05) is 218 Å². The van der Waals surface area contributed by atoms with Crippen LogP contribution in [0, 0.1) is 11.8 Å². The summed E-state index contributed by atoms with van der Waals surface area (Å²) in [6.07, 6.45) is 27.3. The van der Waals surface area contributed by atoms with E-state index in [0.717, 1.165) is 48.8 Å². The Balaban J connectivity index is 1.17. The van der Waals surface area contributed by atoms with Crippen molar-refractivity contribution in [3.05, 3.63) is 258 Å². The summed E-state index contributed by atoms with van der Waals surface area (Å²) in [4.78, 5) is 16.0. The summed E-state index contributed by atoms with van der Waals surface area (Å²) in [6.45, 7) is 0. The molecule has 0 amide bonds. The number of aromatic nitrogens is 3. The first kappa shape index (κ1) is 39.2. The van der Waals surface area contributed by atoms with Gasteiger partial charge in [0.15, 0.2) is 17.5 Å². The first-order valence-electron chi connectivity index (χ1n) is 22.3. The third kappa shape index (κ3) is 7.22. The number of benzene rings is 6. The van der Waals surface area contributed by atoms with E-state index in [1.54, 1.807) is 0 Å². The largest absolute Gasteiger partial charge is 0.208 e. The zero-order valence-electron chi connectivity index (χ0n) is 35.1. The van der Waals surface area contributed by atoms with Gasteiger partial charge in [-0.15, -0.1) is 0 Å². The van der Waals surface area contributed by atoms with Crippen LogP contribution in [-0.2, 0) is 10.8 Å². The molecular weight excluding hydrogens is 751 g/mol. The number of hydrogen-bond acceptors (Lipinski definition) is 3. The molecule has 3 atom stereocenters. The van der Waals surface area contributed by atoms with Crippen molar-refractivity contribution in [1.29, 1.82) is 0 Å². The number of hydrogen-bond donors (Lipinski definition) is 0. The van der Waals surface area contributed by atoms with Gasteiger partial charge in [-0.05, 0) is 90.3 Å². The number of nitrogens with zero attached hydrogens (tertiary/aromatic N) is 3. The van der Waals surface area contributed by atoms with Crippen molar-refractivity contribution in [1.82, 2.24) is 15.0 Å². The maximum Gasteiger partial charge on any atom is 0.164 e. The summed E-state index contributed by atoms with van der Waals surface area (Å²) in [5.41, 5.74) is 9.85. The lowest BCUT2D eigenvalue weighted by Gasteiger charge is -2.45. The molecule has 3 heteroatoms. The molecule has 0 spiro atoms. The van der Waals surface area contributed by atoms with Gasteiger partial charge in [-0.25, -0.2) is 15.0 Å². The fraction of sp³-hybridized carbons (Fsp3) is 0.169. The lowest BCUT2D eigenvalue weighted by molar-refractivity contribution is 0.382. The van der Waals surface area contributed by atoms with E-state index in [0.29, 0.717) is 23.4 Å². The Kier molecular flexibility index (Phi) is 11.1. The van der Waals surface area contributed by atoms with Crippen LogP contribution >= 0.6 is 0 Å². The Bertz CT molecular complexity index is 2760. The average molecular weight is 802 g/mol. The van der Waals surface area contributed by atoms with E-state index in [2.05, 4.69) is 218 Å². The molecule has 0 bridgehead atoms. The van der Waals surface area contributed by atoms with Gasteiger partial charge >= 0.3 is 0 Å². The Hall–Kier alpha value is -6.97. The molecular formula is C59H51N3.